The van der Waals surface area contributed by atoms with Gasteiger partial charge in [0.15, 0.2) is 5.69 Å². The smallest absolute Gasteiger partial charge is 0.426 e. The van der Waals surface area contributed by atoms with Gasteiger partial charge < -0.3 is 20.0 Å². The van der Waals surface area contributed by atoms with Gasteiger partial charge in [0, 0.05) is 0 Å². The summed E-state index contributed by atoms with van der Waals surface area (Å²) in [4.78, 5) is 3.85. The van der Waals surface area contributed by atoms with Crippen LogP contribution in [0.25, 0.3) is 11.6 Å². The zero-order chi connectivity index (χ0) is 22.5. The number of hydrogen-bond donors (Lipinski definition) is 2. The fraction of sp³-hybridized carbons (Fsp3) is 0.611. The van der Waals surface area contributed by atoms with E-state index in [-0.39, 0.29) is 24.4 Å². The molecule has 0 fully saturated rings. The van der Waals surface area contributed by atoms with Gasteiger partial charge >= 0.3 is 6.18 Å². The van der Waals surface area contributed by atoms with Crippen molar-refractivity contribution in [2.45, 2.75) is 64.2 Å². The van der Waals surface area contributed by atoms with Crippen molar-refractivity contribution in [1.29, 1.82) is 0 Å². The summed E-state index contributed by atoms with van der Waals surface area (Å²) in [5.41, 5.74) is 1.20. The molecule has 3 N–H and O–H groups in total. The van der Waals surface area contributed by atoms with Crippen LogP contribution in [0, 0.1) is 0 Å². The largest absolute Gasteiger partial charge is 0.477 e. The third-order valence-corrected chi connectivity index (χ3v) is 4.40. The lowest BCUT2D eigenvalue weighted by atomic mass is 9.95. The topological polar surface area (TPSA) is 107 Å². The SMILES string of the molecule is CC.Nc1cc(C(F)F)c2nc1-c1nnc(o1)C(O)(C(F)(F)F)CCCCCCO2. The molecule has 3 heterocycles. The number of alkyl halides is 5. The Morgan fingerprint density at radius 1 is 1.13 bits per heavy atom. The van der Waals surface area contributed by atoms with Gasteiger partial charge in [0.2, 0.25) is 11.5 Å². The van der Waals surface area contributed by atoms with Crippen molar-refractivity contribution in [2.75, 3.05) is 12.3 Å². The summed E-state index contributed by atoms with van der Waals surface area (Å²) in [6.07, 6.45) is -7.39. The fourth-order valence-corrected chi connectivity index (χ4v) is 2.83. The van der Waals surface area contributed by atoms with E-state index in [1.807, 2.05) is 13.8 Å². The van der Waals surface area contributed by atoms with Crippen LogP contribution in [0.15, 0.2) is 10.5 Å². The number of nitrogens with zero attached hydrogens (tertiary/aromatic N) is 3. The highest BCUT2D eigenvalue weighted by Gasteiger charge is 2.58. The van der Waals surface area contributed by atoms with Gasteiger partial charge in [0.25, 0.3) is 18.2 Å². The lowest BCUT2D eigenvalue weighted by Gasteiger charge is -2.26. The minimum absolute atomic E-state index is 0.0295. The first kappa shape index (κ1) is 23.8. The van der Waals surface area contributed by atoms with Gasteiger partial charge in [-0.2, -0.15) is 13.2 Å². The number of nitrogens with two attached hydrogens (primary N) is 1. The molecule has 2 aromatic heterocycles. The molecule has 1 unspecified atom stereocenters. The van der Waals surface area contributed by atoms with Crippen LogP contribution >= 0.6 is 0 Å². The average molecular weight is 438 g/mol. The Morgan fingerprint density at radius 3 is 2.43 bits per heavy atom. The molecule has 1 atom stereocenters. The number of pyridine rings is 1. The van der Waals surface area contributed by atoms with Gasteiger partial charge in [0.1, 0.15) is 0 Å². The van der Waals surface area contributed by atoms with Crippen LogP contribution in [-0.4, -0.2) is 33.1 Å². The third-order valence-electron chi connectivity index (χ3n) is 4.40. The van der Waals surface area contributed by atoms with E-state index in [2.05, 4.69) is 15.2 Å². The van der Waals surface area contributed by atoms with Crippen LogP contribution in [0.4, 0.5) is 27.6 Å². The van der Waals surface area contributed by atoms with Crippen LogP contribution < -0.4 is 10.5 Å². The van der Waals surface area contributed by atoms with E-state index in [4.69, 9.17) is 14.9 Å². The maximum atomic E-state index is 13.5. The van der Waals surface area contributed by atoms with E-state index in [9.17, 15) is 27.1 Å². The number of nitrogen functional groups attached to an aromatic ring is 1. The van der Waals surface area contributed by atoms with Gasteiger partial charge in [-0.3, -0.25) is 0 Å². The Bertz CT molecular complexity index is 844. The third kappa shape index (κ3) is 4.79. The molecule has 30 heavy (non-hydrogen) atoms. The van der Waals surface area contributed by atoms with E-state index >= 15 is 0 Å². The normalized spacial score (nSPS) is 20.0. The first-order chi connectivity index (χ1) is 14.1. The molecule has 2 aromatic rings. The van der Waals surface area contributed by atoms with Crippen molar-refractivity contribution < 1.29 is 36.2 Å². The van der Waals surface area contributed by atoms with E-state index in [0.717, 1.165) is 6.07 Å². The van der Waals surface area contributed by atoms with Crippen molar-refractivity contribution in [3.8, 4) is 17.5 Å². The van der Waals surface area contributed by atoms with E-state index < -0.39 is 47.8 Å². The number of rotatable bonds is 1. The van der Waals surface area contributed by atoms with Gasteiger partial charge in [-0.05, 0) is 25.3 Å². The predicted molar refractivity (Wildman–Crippen MR) is 96.8 cm³/mol. The first-order valence-corrected chi connectivity index (χ1v) is 9.48. The molecule has 0 spiro atoms. The highest BCUT2D eigenvalue weighted by atomic mass is 19.4. The molecule has 1 aliphatic rings. The molecule has 0 aliphatic carbocycles. The number of anilines is 1. The highest BCUT2D eigenvalue weighted by molar-refractivity contribution is 5.68. The summed E-state index contributed by atoms with van der Waals surface area (Å²) in [6, 6.07) is 0.897. The maximum Gasteiger partial charge on any atom is 0.426 e. The zero-order valence-corrected chi connectivity index (χ0v) is 16.5. The Hall–Kier alpha value is -2.50. The fourth-order valence-electron chi connectivity index (χ4n) is 2.83. The van der Waals surface area contributed by atoms with Crippen LogP contribution in [0.3, 0.4) is 0 Å². The number of hydrogen-bond acceptors (Lipinski definition) is 7. The molecule has 168 valence electrons. The van der Waals surface area contributed by atoms with Crippen molar-refractivity contribution in [3.05, 3.63) is 17.5 Å². The quantitative estimate of drug-likeness (QED) is 0.618. The van der Waals surface area contributed by atoms with Crippen LogP contribution in [-0.2, 0) is 5.60 Å². The second kappa shape index (κ2) is 9.54. The van der Waals surface area contributed by atoms with Crippen molar-refractivity contribution in [2.24, 2.45) is 0 Å². The van der Waals surface area contributed by atoms with Crippen molar-refractivity contribution in [1.82, 2.24) is 15.2 Å². The van der Waals surface area contributed by atoms with Gasteiger partial charge in [-0.1, -0.05) is 26.7 Å². The first-order valence-electron chi connectivity index (χ1n) is 9.48. The molecule has 7 nitrogen and oxygen atoms in total. The van der Waals surface area contributed by atoms with Gasteiger partial charge in [-0.15, -0.1) is 10.2 Å². The van der Waals surface area contributed by atoms with Gasteiger partial charge in [-0.25, -0.2) is 13.8 Å². The number of fused-ring (bicyclic) bond motifs is 5. The van der Waals surface area contributed by atoms with Crippen molar-refractivity contribution in [3.63, 3.8) is 0 Å². The minimum atomic E-state index is -5.05. The monoisotopic (exact) mass is 438 g/mol. The summed E-state index contributed by atoms with van der Waals surface area (Å²) in [5.74, 6) is -2.02. The second-order valence-electron chi connectivity index (χ2n) is 6.40. The second-order valence-corrected chi connectivity index (χ2v) is 6.40. The van der Waals surface area contributed by atoms with Crippen LogP contribution in [0.5, 0.6) is 5.88 Å². The summed E-state index contributed by atoms with van der Waals surface area (Å²) in [7, 11) is 0. The lowest BCUT2D eigenvalue weighted by molar-refractivity contribution is -0.277. The van der Waals surface area contributed by atoms with Crippen LogP contribution in [0.2, 0.25) is 0 Å². The molecule has 12 heteroatoms. The standard InChI is InChI=1S/C16H17F5N4O3.C2H6/c17-11(18)8-7-9(22)10-13-24-25-14(28-13)15(26,16(19,20)21)5-3-1-2-4-6-27-12(8)23-10;1-2/h7,11,26H,1-6,22H2;1-2H3. The zero-order valence-electron chi connectivity index (χ0n) is 16.5. The maximum absolute atomic E-state index is 13.5. The Morgan fingerprint density at radius 2 is 1.80 bits per heavy atom. The molecule has 3 rings (SSSR count). The molecule has 0 radical (unpaired) electrons. The lowest BCUT2D eigenvalue weighted by Crippen LogP contribution is -2.42. The molecule has 0 aromatic carbocycles. The Balaban J connectivity index is 0.00000155. The van der Waals surface area contributed by atoms with Gasteiger partial charge in [0.05, 0.1) is 17.9 Å². The average Bonchev–Trinajstić information content (AvgIpc) is 3.18. The summed E-state index contributed by atoms with van der Waals surface area (Å²) in [6.45, 7) is 4.04. The number of ether oxygens (including phenoxy) is 1. The molecular weight excluding hydrogens is 415 g/mol. The van der Waals surface area contributed by atoms with E-state index in [1.165, 1.54) is 0 Å². The molecule has 0 saturated heterocycles. The van der Waals surface area contributed by atoms with Crippen molar-refractivity contribution >= 4 is 5.69 Å². The summed E-state index contributed by atoms with van der Waals surface area (Å²) < 4.78 is 77.3. The molecular formula is C18H23F5N4O3. The van der Waals surface area contributed by atoms with E-state index in [0.29, 0.717) is 19.3 Å². The molecule has 0 saturated carbocycles. The highest BCUT2D eigenvalue weighted by Crippen LogP contribution is 2.43. The summed E-state index contributed by atoms with van der Waals surface area (Å²) >= 11 is 0. The minimum Gasteiger partial charge on any atom is -0.477 e. The molecule has 4 bridgehead atoms. The summed E-state index contributed by atoms with van der Waals surface area (Å²) in [5, 5.41) is 17.0. The molecule has 1 aliphatic heterocycles. The Kier molecular flexibility index (Phi) is 7.56. The van der Waals surface area contributed by atoms with Crippen LogP contribution in [0.1, 0.15) is 63.8 Å². The Labute approximate surface area is 169 Å². The number of halogens is 5. The number of aliphatic hydroxyl groups is 1. The molecule has 0 amide bonds. The number of aromatic nitrogens is 3. The van der Waals surface area contributed by atoms with E-state index in [1.54, 1.807) is 0 Å². The predicted octanol–water partition coefficient (Wildman–Crippen LogP) is 4.77.